The summed E-state index contributed by atoms with van der Waals surface area (Å²) in [5, 5.41) is 10.6. The zero-order valence-electron chi connectivity index (χ0n) is 20.1. The third-order valence-corrected chi connectivity index (χ3v) is 8.79. The molecule has 7 aromatic carbocycles. The van der Waals surface area contributed by atoms with Crippen molar-refractivity contribution in [3.8, 4) is 22.3 Å². The normalized spacial score (nSPS) is 11.8. The van der Waals surface area contributed by atoms with Crippen LogP contribution in [0.1, 0.15) is 0 Å². The van der Waals surface area contributed by atoms with Gasteiger partial charge in [0.1, 0.15) is 0 Å². The first-order chi connectivity index (χ1) is 18.3. The Balaban J connectivity index is 1.36. The van der Waals surface area contributed by atoms with Gasteiger partial charge in [0.15, 0.2) is 0 Å². The second kappa shape index (κ2) is 8.03. The molecule has 0 bridgehead atoms. The van der Waals surface area contributed by atoms with Crippen LogP contribution in [0.4, 0.5) is 0 Å². The van der Waals surface area contributed by atoms with E-state index in [0.29, 0.717) is 0 Å². The van der Waals surface area contributed by atoms with Crippen LogP contribution in [0.3, 0.4) is 0 Å². The summed E-state index contributed by atoms with van der Waals surface area (Å²) in [5.74, 6) is 0. The summed E-state index contributed by atoms with van der Waals surface area (Å²) in [6.07, 6.45) is 0. The Morgan fingerprint density at radius 1 is 0.324 bits per heavy atom. The van der Waals surface area contributed by atoms with Crippen molar-refractivity contribution in [1.29, 1.82) is 0 Å². The molecule has 0 nitrogen and oxygen atoms in total. The summed E-state index contributed by atoms with van der Waals surface area (Å²) in [5.41, 5.74) is 5.04. The molecule has 1 heterocycles. The minimum absolute atomic E-state index is 1.25. The van der Waals surface area contributed by atoms with Crippen molar-refractivity contribution >= 4 is 63.8 Å². The van der Waals surface area contributed by atoms with Gasteiger partial charge in [-0.05, 0) is 72.8 Å². The first kappa shape index (κ1) is 20.7. The van der Waals surface area contributed by atoms with E-state index in [-0.39, 0.29) is 0 Å². The van der Waals surface area contributed by atoms with Crippen molar-refractivity contribution in [3.63, 3.8) is 0 Å². The molecular weight excluding hydrogens is 464 g/mol. The fourth-order valence-corrected chi connectivity index (χ4v) is 7.11. The van der Waals surface area contributed by atoms with Gasteiger partial charge in [0.2, 0.25) is 0 Å². The van der Waals surface area contributed by atoms with Crippen LogP contribution in [-0.4, -0.2) is 0 Å². The van der Waals surface area contributed by atoms with Crippen molar-refractivity contribution in [1.82, 2.24) is 0 Å². The van der Waals surface area contributed by atoms with E-state index in [2.05, 4.69) is 133 Å². The van der Waals surface area contributed by atoms with Gasteiger partial charge in [0.25, 0.3) is 0 Å². The highest BCUT2D eigenvalue weighted by atomic mass is 32.1. The van der Waals surface area contributed by atoms with Crippen LogP contribution < -0.4 is 0 Å². The van der Waals surface area contributed by atoms with Crippen molar-refractivity contribution in [2.75, 3.05) is 0 Å². The van der Waals surface area contributed by atoms with E-state index in [1.807, 2.05) is 11.3 Å². The second-order valence-corrected chi connectivity index (χ2v) is 10.8. The maximum absolute atomic E-state index is 2.35. The number of benzene rings is 7. The molecule has 0 saturated heterocycles. The summed E-state index contributed by atoms with van der Waals surface area (Å²) >= 11 is 1.88. The first-order valence-corrected chi connectivity index (χ1v) is 13.5. The van der Waals surface area contributed by atoms with Crippen molar-refractivity contribution in [2.45, 2.75) is 0 Å². The van der Waals surface area contributed by atoms with Gasteiger partial charge >= 0.3 is 0 Å². The highest BCUT2D eigenvalue weighted by Gasteiger charge is 2.13. The maximum Gasteiger partial charge on any atom is 0.0361 e. The average molecular weight is 487 g/mol. The fraction of sp³-hybridized carbons (Fsp3) is 0. The summed E-state index contributed by atoms with van der Waals surface area (Å²) in [4.78, 5) is 0. The van der Waals surface area contributed by atoms with E-state index in [0.717, 1.165) is 0 Å². The van der Waals surface area contributed by atoms with E-state index in [1.54, 1.807) is 0 Å². The highest BCUT2D eigenvalue weighted by molar-refractivity contribution is 7.25. The average Bonchev–Trinajstić information content (AvgIpc) is 3.35. The number of thiophene rings is 1. The van der Waals surface area contributed by atoms with Crippen molar-refractivity contribution < 1.29 is 0 Å². The molecule has 0 aliphatic heterocycles. The topological polar surface area (TPSA) is 0 Å². The molecule has 0 spiro atoms. The van der Waals surface area contributed by atoms with Gasteiger partial charge in [-0.3, -0.25) is 0 Å². The predicted molar refractivity (Wildman–Crippen MR) is 163 cm³/mol. The summed E-state index contributed by atoms with van der Waals surface area (Å²) < 4.78 is 2.69. The van der Waals surface area contributed by atoms with Gasteiger partial charge in [0.05, 0.1) is 0 Å². The highest BCUT2D eigenvalue weighted by Crippen LogP contribution is 2.41. The van der Waals surface area contributed by atoms with Crippen LogP contribution >= 0.6 is 11.3 Å². The van der Waals surface area contributed by atoms with Gasteiger partial charge in [-0.1, -0.05) is 115 Å². The molecule has 172 valence electrons. The third kappa shape index (κ3) is 3.15. The lowest BCUT2D eigenvalue weighted by Gasteiger charge is -2.15. The Hall–Kier alpha value is -4.46. The molecule has 0 unspecified atom stereocenters. The van der Waals surface area contributed by atoms with Crippen molar-refractivity contribution in [3.05, 3.63) is 133 Å². The van der Waals surface area contributed by atoms with Gasteiger partial charge in [-0.2, -0.15) is 0 Å². The van der Waals surface area contributed by atoms with Crippen LogP contribution in [0.25, 0.3) is 74.7 Å². The second-order valence-electron chi connectivity index (χ2n) is 9.71. The smallest absolute Gasteiger partial charge is 0.0361 e. The van der Waals surface area contributed by atoms with Gasteiger partial charge < -0.3 is 0 Å². The van der Waals surface area contributed by atoms with Crippen LogP contribution in [0.5, 0.6) is 0 Å². The van der Waals surface area contributed by atoms with Gasteiger partial charge in [-0.15, -0.1) is 11.3 Å². The monoisotopic (exact) mass is 486 g/mol. The van der Waals surface area contributed by atoms with E-state index in [4.69, 9.17) is 0 Å². The summed E-state index contributed by atoms with van der Waals surface area (Å²) in [7, 11) is 0. The standard InChI is InChI=1S/C36H22S/c1-2-12-29-27(11-1)28-13-3-4-15-32(28)36-26(16-8-17-33(29)36)25-10-7-9-23(21-25)24-19-20-31-30-14-5-6-18-34(30)37-35(31)22-24/h1-22H. The number of hydrogen-bond acceptors (Lipinski definition) is 1. The van der Waals surface area contributed by atoms with Crippen LogP contribution in [0, 0.1) is 0 Å². The Morgan fingerprint density at radius 3 is 1.65 bits per heavy atom. The van der Waals surface area contributed by atoms with Gasteiger partial charge in [0, 0.05) is 20.2 Å². The Morgan fingerprint density at radius 2 is 0.865 bits per heavy atom. The van der Waals surface area contributed by atoms with Crippen LogP contribution in [0.2, 0.25) is 0 Å². The molecule has 0 amide bonds. The quantitative estimate of drug-likeness (QED) is 0.213. The molecular formula is C36H22S. The Labute approximate surface area is 219 Å². The Bertz CT molecular complexity index is 2100. The van der Waals surface area contributed by atoms with Crippen LogP contribution in [0.15, 0.2) is 133 Å². The molecule has 0 atom stereocenters. The molecule has 37 heavy (non-hydrogen) atoms. The van der Waals surface area contributed by atoms with E-state index < -0.39 is 0 Å². The first-order valence-electron chi connectivity index (χ1n) is 12.7. The van der Waals surface area contributed by atoms with E-state index >= 15 is 0 Å². The number of fused-ring (bicyclic) bond motifs is 9. The summed E-state index contributed by atoms with van der Waals surface area (Å²) in [6, 6.07) is 49.0. The summed E-state index contributed by atoms with van der Waals surface area (Å²) in [6.45, 7) is 0. The lowest BCUT2D eigenvalue weighted by atomic mass is 9.89. The zero-order chi connectivity index (χ0) is 24.3. The lowest BCUT2D eigenvalue weighted by molar-refractivity contribution is 1.63. The molecule has 0 fully saturated rings. The van der Waals surface area contributed by atoms with E-state index in [1.165, 1.54) is 74.7 Å². The molecule has 0 aliphatic rings. The predicted octanol–water partition coefficient (Wildman–Crippen LogP) is 10.8. The number of rotatable bonds is 2. The molecule has 1 heteroatoms. The molecule has 0 saturated carbocycles. The largest absolute Gasteiger partial charge is 0.135 e. The molecule has 0 N–H and O–H groups in total. The fourth-order valence-electron chi connectivity index (χ4n) is 5.97. The maximum atomic E-state index is 2.35. The van der Waals surface area contributed by atoms with Crippen LogP contribution in [-0.2, 0) is 0 Å². The number of hydrogen-bond donors (Lipinski definition) is 0. The lowest BCUT2D eigenvalue weighted by Crippen LogP contribution is -1.87. The SMILES string of the molecule is c1cc(-c2ccc3c(c2)sc2ccccc23)cc(-c2cccc3c4ccccc4c4ccccc4c23)c1. The molecule has 1 aromatic heterocycles. The molecule has 0 radical (unpaired) electrons. The minimum atomic E-state index is 1.25. The van der Waals surface area contributed by atoms with E-state index in [9.17, 15) is 0 Å². The Kier molecular flexibility index (Phi) is 4.49. The minimum Gasteiger partial charge on any atom is -0.135 e. The molecule has 0 aliphatic carbocycles. The molecule has 8 aromatic rings. The molecule has 8 rings (SSSR count). The third-order valence-electron chi connectivity index (χ3n) is 7.65. The van der Waals surface area contributed by atoms with Gasteiger partial charge in [-0.25, -0.2) is 0 Å². The van der Waals surface area contributed by atoms with Crippen molar-refractivity contribution in [2.24, 2.45) is 0 Å². The zero-order valence-corrected chi connectivity index (χ0v) is 20.9.